The first-order valence-electron chi connectivity index (χ1n) is 8.91. The van der Waals surface area contributed by atoms with Crippen LogP contribution in [0.3, 0.4) is 0 Å². The highest BCUT2D eigenvalue weighted by Gasteiger charge is 2.25. The van der Waals surface area contributed by atoms with E-state index in [1.807, 2.05) is 12.2 Å². The van der Waals surface area contributed by atoms with Gasteiger partial charge in [-0.3, -0.25) is 4.72 Å². The lowest BCUT2D eigenvalue weighted by atomic mass is 9.98. The zero-order chi connectivity index (χ0) is 19.6. The lowest BCUT2D eigenvalue weighted by Crippen LogP contribution is -2.24. The third-order valence-corrected chi connectivity index (χ3v) is 8.55. The number of thiophene rings is 1. The predicted molar refractivity (Wildman–Crippen MR) is 113 cm³/mol. The molecule has 27 heavy (non-hydrogen) atoms. The van der Waals surface area contributed by atoms with Crippen LogP contribution in [0.25, 0.3) is 0 Å². The Morgan fingerprint density at radius 3 is 2.67 bits per heavy atom. The lowest BCUT2D eigenvalue weighted by molar-refractivity contribution is 0.307. The van der Waals surface area contributed by atoms with Crippen molar-refractivity contribution in [3.05, 3.63) is 50.1 Å². The minimum Gasteiger partial charge on any atom is -0.381 e. The second kappa shape index (κ2) is 8.57. The molecule has 2 aliphatic rings. The molecule has 0 spiro atoms. The van der Waals surface area contributed by atoms with Crippen molar-refractivity contribution in [3.63, 3.8) is 0 Å². The van der Waals surface area contributed by atoms with Gasteiger partial charge < -0.3 is 10.2 Å². The Bertz CT molecular complexity index is 894. The van der Waals surface area contributed by atoms with Gasteiger partial charge in [0.1, 0.15) is 8.55 Å². The third-order valence-electron chi connectivity index (χ3n) is 4.83. The summed E-state index contributed by atoms with van der Waals surface area (Å²) < 4.78 is 28.1. The molecule has 9 heteroatoms. The van der Waals surface area contributed by atoms with Gasteiger partial charge in [-0.25, -0.2) is 8.42 Å². The van der Waals surface area contributed by atoms with Crippen LogP contribution in [0.4, 0.5) is 0 Å². The van der Waals surface area contributed by atoms with Gasteiger partial charge in [0.05, 0.1) is 5.02 Å². The molecule has 0 radical (unpaired) electrons. The van der Waals surface area contributed by atoms with Crippen molar-refractivity contribution in [1.29, 1.82) is 0 Å². The molecule has 1 aromatic heterocycles. The van der Waals surface area contributed by atoms with Crippen molar-refractivity contribution in [2.45, 2.75) is 30.9 Å². The first-order chi connectivity index (χ1) is 12.8. The van der Waals surface area contributed by atoms with Gasteiger partial charge >= 0.3 is 0 Å². The van der Waals surface area contributed by atoms with Gasteiger partial charge in [0.2, 0.25) is 0 Å². The largest absolute Gasteiger partial charge is 0.381 e. The lowest BCUT2D eigenvalue weighted by Gasteiger charge is -2.19. The Morgan fingerprint density at radius 1 is 1.30 bits per heavy atom. The highest BCUT2D eigenvalue weighted by Crippen LogP contribution is 2.35. The quantitative estimate of drug-likeness (QED) is 0.628. The molecule has 0 aromatic carbocycles. The molecule has 0 atom stereocenters. The Kier molecular flexibility index (Phi) is 6.58. The van der Waals surface area contributed by atoms with E-state index in [2.05, 4.69) is 28.8 Å². The van der Waals surface area contributed by atoms with E-state index in [9.17, 15) is 8.42 Å². The summed E-state index contributed by atoms with van der Waals surface area (Å²) in [5.41, 5.74) is 4.26. The number of rotatable bonds is 8. The van der Waals surface area contributed by atoms with E-state index in [-0.39, 0.29) is 13.6 Å². The molecule has 0 saturated carbocycles. The van der Waals surface area contributed by atoms with Crippen molar-refractivity contribution in [2.24, 2.45) is 0 Å². The Morgan fingerprint density at radius 2 is 2.04 bits per heavy atom. The number of nitrogens with one attached hydrogen (secondary N) is 2. The van der Waals surface area contributed by atoms with E-state index in [0.29, 0.717) is 5.70 Å². The van der Waals surface area contributed by atoms with Crippen LogP contribution in [-0.2, 0) is 10.0 Å². The summed E-state index contributed by atoms with van der Waals surface area (Å²) in [5.74, 6) is 0. The third kappa shape index (κ3) is 4.71. The van der Waals surface area contributed by atoms with Crippen molar-refractivity contribution < 1.29 is 8.42 Å². The monoisotopic (exact) mass is 447 g/mol. The molecule has 0 unspecified atom stereocenters. The Labute approximate surface area is 174 Å². The maximum absolute atomic E-state index is 12.5. The van der Waals surface area contributed by atoms with Crippen LogP contribution in [-0.4, -0.2) is 39.5 Å². The maximum Gasteiger partial charge on any atom is 0.271 e. The van der Waals surface area contributed by atoms with Gasteiger partial charge in [-0.2, -0.15) is 0 Å². The standard InChI is InChI=1S/C18H23Cl2N3O2S2/c1-3-23(4-2)8-7-12-11-21-16-9-13(5-6-14(12)16)22-27(24,25)17-10-15(19)18(20)26-17/h5,9-10,21-22H,3-4,6-8,11H2,1-2H3. The van der Waals surface area contributed by atoms with E-state index in [0.717, 1.165) is 56.1 Å². The first-order valence-corrected chi connectivity index (χ1v) is 12.0. The summed E-state index contributed by atoms with van der Waals surface area (Å²) in [6.07, 6.45) is 5.52. The van der Waals surface area contributed by atoms with Crippen molar-refractivity contribution in [3.8, 4) is 0 Å². The zero-order valence-corrected chi connectivity index (χ0v) is 18.5. The summed E-state index contributed by atoms with van der Waals surface area (Å²) in [6, 6.07) is 1.37. The van der Waals surface area contributed by atoms with Crippen molar-refractivity contribution >= 4 is 44.6 Å². The number of hydrogen-bond donors (Lipinski definition) is 2. The van der Waals surface area contributed by atoms with E-state index >= 15 is 0 Å². The summed E-state index contributed by atoms with van der Waals surface area (Å²) in [4.78, 5) is 2.41. The zero-order valence-electron chi connectivity index (χ0n) is 15.3. The topological polar surface area (TPSA) is 61.4 Å². The van der Waals surface area contributed by atoms with E-state index in [1.165, 1.54) is 17.2 Å². The van der Waals surface area contributed by atoms with Crippen LogP contribution in [0.1, 0.15) is 26.7 Å². The molecule has 148 valence electrons. The molecule has 5 nitrogen and oxygen atoms in total. The summed E-state index contributed by atoms with van der Waals surface area (Å²) >= 11 is 12.7. The van der Waals surface area contributed by atoms with Crippen LogP contribution >= 0.6 is 34.5 Å². The SMILES string of the molecule is CCN(CC)CCC1=C2CC=C(NS(=O)(=O)c3cc(Cl)c(Cl)s3)C=C2NC1. The van der Waals surface area contributed by atoms with E-state index in [4.69, 9.17) is 23.2 Å². The number of fused-ring (bicyclic) bond motifs is 1. The second-order valence-electron chi connectivity index (χ2n) is 6.43. The molecule has 0 fully saturated rings. The summed E-state index contributed by atoms with van der Waals surface area (Å²) in [5, 5.41) is 3.64. The number of allylic oxidation sites excluding steroid dienone is 3. The number of nitrogens with zero attached hydrogens (tertiary/aromatic N) is 1. The summed E-state index contributed by atoms with van der Waals surface area (Å²) in [6.45, 7) is 8.33. The molecular weight excluding hydrogens is 425 g/mol. The molecular formula is C18H23Cl2N3O2S2. The molecule has 1 aliphatic heterocycles. The maximum atomic E-state index is 12.5. The molecule has 1 aliphatic carbocycles. The molecule has 2 heterocycles. The van der Waals surface area contributed by atoms with Gasteiger partial charge in [0, 0.05) is 24.5 Å². The molecule has 2 N–H and O–H groups in total. The summed E-state index contributed by atoms with van der Waals surface area (Å²) in [7, 11) is -3.70. The van der Waals surface area contributed by atoms with Gasteiger partial charge in [-0.15, -0.1) is 11.3 Å². The molecule has 3 rings (SSSR count). The van der Waals surface area contributed by atoms with Crippen LogP contribution in [0, 0.1) is 0 Å². The average molecular weight is 448 g/mol. The highest BCUT2D eigenvalue weighted by molar-refractivity contribution is 7.91. The number of hydrogen-bond acceptors (Lipinski definition) is 5. The number of halogens is 2. The van der Waals surface area contributed by atoms with E-state index in [1.54, 1.807) is 0 Å². The predicted octanol–water partition coefficient (Wildman–Crippen LogP) is 4.14. The molecule has 0 bridgehead atoms. The fourth-order valence-corrected chi connectivity index (χ4v) is 6.18. The van der Waals surface area contributed by atoms with Crippen LogP contribution < -0.4 is 10.0 Å². The van der Waals surface area contributed by atoms with E-state index < -0.39 is 10.0 Å². The second-order valence-corrected chi connectivity index (χ2v) is 10.4. The van der Waals surface area contributed by atoms with Gasteiger partial charge in [0.25, 0.3) is 10.0 Å². The minimum atomic E-state index is -3.70. The molecule has 0 saturated heterocycles. The van der Waals surface area contributed by atoms with Gasteiger partial charge in [0.15, 0.2) is 0 Å². The highest BCUT2D eigenvalue weighted by atomic mass is 35.5. The van der Waals surface area contributed by atoms with Crippen molar-refractivity contribution in [1.82, 2.24) is 14.9 Å². The fraction of sp³-hybridized carbons (Fsp3) is 0.444. The van der Waals surface area contributed by atoms with Gasteiger partial charge in [-0.05, 0) is 49.2 Å². The van der Waals surface area contributed by atoms with Crippen LogP contribution in [0.2, 0.25) is 9.36 Å². The molecule has 0 amide bonds. The molecule has 1 aromatic rings. The van der Waals surface area contributed by atoms with Crippen LogP contribution in [0.15, 0.2) is 45.0 Å². The Hall–Kier alpha value is -0.990. The fourth-order valence-electron chi connectivity index (χ4n) is 3.23. The van der Waals surface area contributed by atoms with Gasteiger partial charge in [-0.1, -0.05) is 43.1 Å². The first kappa shape index (κ1) is 20.7. The minimum absolute atomic E-state index is 0.109. The van der Waals surface area contributed by atoms with Crippen LogP contribution in [0.5, 0.6) is 0 Å². The normalized spacial score (nSPS) is 16.9. The van der Waals surface area contributed by atoms with Crippen molar-refractivity contribution in [2.75, 3.05) is 26.2 Å². The Balaban J connectivity index is 1.70. The smallest absolute Gasteiger partial charge is 0.271 e. The number of sulfonamides is 1. The average Bonchev–Trinajstić information content (AvgIpc) is 3.19.